The van der Waals surface area contributed by atoms with Gasteiger partial charge in [0.2, 0.25) is 0 Å². The molecule has 4 aliphatic carbocycles. The lowest BCUT2D eigenvalue weighted by atomic mass is 9.40. The van der Waals surface area contributed by atoms with Crippen LogP contribution in [0.25, 0.3) is 0 Å². The van der Waals surface area contributed by atoms with Gasteiger partial charge in [0.25, 0.3) is 0 Å². The second-order valence-corrected chi connectivity index (χ2v) is 11.0. The first-order valence-electron chi connectivity index (χ1n) is 11.1. The van der Waals surface area contributed by atoms with Gasteiger partial charge in [-0.1, -0.05) is 19.0 Å². The molecule has 10 unspecified atom stereocenters. The van der Waals surface area contributed by atoms with Crippen LogP contribution in [0.4, 0.5) is 0 Å². The fraction of sp³-hybridized carbons (Fsp3) is 1.00. The first-order chi connectivity index (χ1) is 12.7. The molecule has 4 rings (SSSR count). The standard InChI is InChI=1S/C22H38N2O3/c1-13(26)16-4-5-18-20(16,2)9-7-19-21(3)8-6-15(24-27)10-17(21)14(12-25)11-22(18,19)23/h13-19,25-26H,4-12,23H2,1-3H3. The van der Waals surface area contributed by atoms with Crippen LogP contribution in [0.3, 0.4) is 0 Å². The summed E-state index contributed by atoms with van der Waals surface area (Å²) in [5.41, 5.74) is 7.27. The number of aliphatic hydroxyl groups excluding tert-OH is 2. The van der Waals surface area contributed by atoms with Gasteiger partial charge in [0, 0.05) is 12.1 Å². The van der Waals surface area contributed by atoms with Crippen molar-refractivity contribution >= 4 is 0 Å². The average Bonchev–Trinajstić information content (AvgIpc) is 2.99. The number of nitroso groups, excluding NO2 is 1. The molecule has 0 amide bonds. The molecule has 0 heterocycles. The zero-order chi connectivity index (χ0) is 19.6. The van der Waals surface area contributed by atoms with Crippen LogP contribution < -0.4 is 5.73 Å². The van der Waals surface area contributed by atoms with E-state index in [-0.39, 0.29) is 41.0 Å². The predicted molar refractivity (Wildman–Crippen MR) is 106 cm³/mol. The van der Waals surface area contributed by atoms with Crippen LogP contribution in [0.5, 0.6) is 0 Å². The Morgan fingerprint density at radius 3 is 2.41 bits per heavy atom. The molecular formula is C22H38N2O3. The van der Waals surface area contributed by atoms with Crippen LogP contribution in [-0.4, -0.2) is 34.5 Å². The fourth-order valence-corrected chi connectivity index (χ4v) is 8.88. The summed E-state index contributed by atoms with van der Waals surface area (Å²) in [5, 5.41) is 24.0. The molecule has 5 heteroatoms. The van der Waals surface area contributed by atoms with Gasteiger partial charge >= 0.3 is 0 Å². The van der Waals surface area contributed by atoms with Crippen molar-refractivity contribution in [3.05, 3.63) is 4.91 Å². The molecule has 5 nitrogen and oxygen atoms in total. The maximum Gasteiger partial charge on any atom is 0.0923 e. The van der Waals surface area contributed by atoms with E-state index < -0.39 is 0 Å². The van der Waals surface area contributed by atoms with E-state index in [9.17, 15) is 15.1 Å². The molecule has 0 aromatic carbocycles. The first kappa shape index (κ1) is 19.8. The van der Waals surface area contributed by atoms with Gasteiger partial charge < -0.3 is 15.9 Å². The Morgan fingerprint density at radius 2 is 1.78 bits per heavy atom. The Bertz CT molecular complexity index is 598. The SMILES string of the molecule is CC(O)C1CCC2C1(C)CCC1C3(C)CCC(N=O)CC3C(CO)CC21N. The highest BCUT2D eigenvalue weighted by atomic mass is 16.3. The van der Waals surface area contributed by atoms with Gasteiger partial charge in [-0.15, -0.1) is 0 Å². The Labute approximate surface area is 163 Å². The van der Waals surface area contributed by atoms with Crippen LogP contribution in [0.1, 0.15) is 72.1 Å². The maximum atomic E-state index is 11.2. The molecule has 0 saturated heterocycles. The van der Waals surface area contributed by atoms with Gasteiger partial charge in [-0.3, -0.25) is 0 Å². The summed E-state index contributed by atoms with van der Waals surface area (Å²) >= 11 is 0. The molecule has 10 atom stereocenters. The number of nitrogens with zero attached hydrogens (tertiary/aromatic N) is 1. The van der Waals surface area contributed by atoms with Crippen molar-refractivity contribution in [1.29, 1.82) is 0 Å². The van der Waals surface area contributed by atoms with Gasteiger partial charge in [-0.25, -0.2) is 0 Å². The fourth-order valence-electron chi connectivity index (χ4n) is 8.88. The minimum absolute atomic E-state index is 0.0891. The first-order valence-corrected chi connectivity index (χ1v) is 11.1. The molecule has 4 N–H and O–H groups in total. The molecule has 0 aromatic rings. The Hall–Kier alpha value is -0.520. The smallest absolute Gasteiger partial charge is 0.0923 e. The predicted octanol–water partition coefficient (Wildman–Crippen LogP) is 3.46. The van der Waals surface area contributed by atoms with E-state index in [0.29, 0.717) is 23.7 Å². The Kier molecular flexibility index (Phi) is 4.76. The number of aliphatic hydroxyl groups is 2. The number of rotatable bonds is 3. The molecule has 154 valence electrons. The summed E-state index contributed by atoms with van der Waals surface area (Å²) in [6.45, 7) is 6.84. The monoisotopic (exact) mass is 378 g/mol. The van der Waals surface area contributed by atoms with Crippen LogP contribution in [0, 0.1) is 45.3 Å². The van der Waals surface area contributed by atoms with Crippen LogP contribution in [0.15, 0.2) is 5.18 Å². The lowest BCUT2D eigenvalue weighted by Gasteiger charge is -2.67. The highest BCUT2D eigenvalue weighted by Crippen LogP contribution is 2.69. The van der Waals surface area contributed by atoms with E-state index >= 15 is 0 Å². The molecule has 4 saturated carbocycles. The topological polar surface area (TPSA) is 95.9 Å². The largest absolute Gasteiger partial charge is 0.396 e. The summed E-state index contributed by atoms with van der Waals surface area (Å²) in [4.78, 5) is 11.2. The highest BCUT2D eigenvalue weighted by molar-refractivity contribution is 5.20. The third-order valence-electron chi connectivity index (χ3n) is 10.0. The van der Waals surface area contributed by atoms with Gasteiger partial charge in [0.1, 0.15) is 0 Å². The van der Waals surface area contributed by atoms with Crippen molar-refractivity contribution in [2.24, 2.45) is 51.3 Å². The van der Waals surface area contributed by atoms with Gasteiger partial charge in [0.05, 0.1) is 12.1 Å². The van der Waals surface area contributed by atoms with E-state index in [0.717, 1.165) is 51.4 Å². The minimum Gasteiger partial charge on any atom is -0.396 e. The Balaban J connectivity index is 1.71. The van der Waals surface area contributed by atoms with Crippen molar-refractivity contribution in [1.82, 2.24) is 0 Å². The number of fused-ring (bicyclic) bond motifs is 5. The third-order valence-corrected chi connectivity index (χ3v) is 10.0. The molecule has 4 fully saturated rings. The lowest BCUT2D eigenvalue weighted by Crippen LogP contribution is -2.70. The van der Waals surface area contributed by atoms with Gasteiger partial charge in [-0.2, -0.15) is 4.91 Å². The quantitative estimate of drug-likeness (QED) is 0.655. The zero-order valence-corrected chi connectivity index (χ0v) is 17.2. The van der Waals surface area contributed by atoms with E-state index in [1.165, 1.54) is 0 Å². The van der Waals surface area contributed by atoms with Crippen molar-refractivity contribution in [3.63, 3.8) is 0 Å². The molecule has 0 bridgehead atoms. The summed E-state index contributed by atoms with van der Waals surface area (Å²) in [6.07, 6.45) is 7.65. The van der Waals surface area contributed by atoms with E-state index in [4.69, 9.17) is 5.73 Å². The molecule has 0 aromatic heterocycles. The summed E-state index contributed by atoms with van der Waals surface area (Å²) < 4.78 is 0. The third kappa shape index (κ3) is 2.60. The van der Waals surface area contributed by atoms with Crippen LogP contribution in [0.2, 0.25) is 0 Å². The normalized spacial score (nSPS) is 55.9. The molecule has 4 aliphatic rings. The van der Waals surface area contributed by atoms with E-state index in [1.807, 2.05) is 6.92 Å². The maximum absolute atomic E-state index is 11.2. The van der Waals surface area contributed by atoms with Crippen molar-refractivity contribution in [2.45, 2.75) is 89.8 Å². The Morgan fingerprint density at radius 1 is 1.11 bits per heavy atom. The molecule has 0 radical (unpaired) electrons. The lowest BCUT2D eigenvalue weighted by molar-refractivity contribution is -0.161. The number of nitrogens with two attached hydrogens (primary N) is 1. The van der Waals surface area contributed by atoms with Crippen LogP contribution >= 0.6 is 0 Å². The molecule has 27 heavy (non-hydrogen) atoms. The summed E-state index contributed by atoms with van der Waals surface area (Å²) in [6, 6.07) is -0.0950. The molecule has 0 aliphatic heterocycles. The summed E-state index contributed by atoms with van der Waals surface area (Å²) in [5.74, 6) is 1.69. The second-order valence-electron chi connectivity index (χ2n) is 11.0. The van der Waals surface area contributed by atoms with Crippen molar-refractivity contribution in [2.75, 3.05) is 6.61 Å². The molecule has 0 spiro atoms. The minimum atomic E-state index is -0.283. The van der Waals surface area contributed by atoms with Crippen LogP contribution in [-0.2, 0) is 0 Å². The van der Waals surface area contributed by atoms with Crippen molar-refractivity contribution in [3.8, 4) is 0 Å². The number of hydrogen-bond acceptors (Lipinski definition) is 5. The van der Waals surface area contributed by atoms with Gasteiger partial charge in [-0.05, 0) is 98.7 Å². The second kappa shape index (κ2) is 6.50. The van der Waals surface area contributed by atoms with E-state index in [2.05, 4.69) is 19.0 Å². The molecular weight excluding hydrogens is 340 g/mol. The van der Waals surface area contributed by atoms with Crippen molar-refractivity contribution < 1.29 is 10.2 Å². The highest BCUT2D eigenvalue weighted by Gasteiger charge is 2.67. The van der Waals surface area contributed by atoms with Gasteiger partial charge in [0.15, 0.2) is 0 Å². The van der Waals surface area contributed by atoms with E-state index in [1.54, 1.807) is 0 Å². The average molecular weight is 379 g/mol. The summed E-state index contributed by atoms with van der Waals surface area (Å²) in [7, 11) is 0. The zero-order valence-electron chi connectivity index (χ0n) is 17.2. The number of hydrogen-bond donors (Lipinski definition) is 3.